The molecule has 0 bridgehead atoms. The lowest BCUT2D eigenvalue weighted by molar-refractivity contribution is 0.231. The third kappa shape index (κ3) is 2.24. The highest BCUT2D eigenvalue weighted by atomic mass is 14.4. The average Bonchev–Trinajstić information content (AvgIpc) is 2.30. The zero-order chi connectivity index (χ0) is 9.35. The minimum Gasteiger partial charge on any atom is -0.0625 e. The van der Waals surface area contributed by atoms with Crippen LogP contribution >= 0.6 is 0 Å². The monoisotopic (exact) mass is 168 g/mol. The van der Waals surface area contributed by atoms with Crippen molar-refractivity contribution in [2.45, 2.75) is 53.9 Å². The summed E-state index contributed by atoms with van der Waals surface area (Å²) in [5.74, 6) is 2.89. The van der Waals surface area contributed by atoms with Crippen LogP contribution in [0.3, 0.4) is 0 Å². The summed E-state index contributed by atoms with van der Waals surface area (Å²) in [5.41, 5.74) is 0.545. The minimum atomic E-state index is 0.545. The molecule has 0 heterocycles. The van der Waals surface area contributed by atoms with E-state index >= 15 is 0 Å². The fourth-order valence-electron chi connectivity index (χ4n) is 2.41. The summed E-state index contributed by atoms with van der Waals surface area (Å²) in [7, 11) is 0. The lowest BCUT2D eigenvalue weighted by Gasteiger charge is -2.27. The van der Waals surface area contributed by atoms with Gasteiger partial charge in [0.1, 0.15) is 0 Å². The Hall–Kier alpha value is 0. The van der Waals surface area contributed by atoms with Crippen molar-refractivity contribution in [2.75, 3.05) is 0 Å². The van der Waals surface area contributed by atoms with Crippen LogP contribution < -0.4 is 0 Å². The van der Waals surface area contributed by atoms with Crippen LogP contribution in [0.4, 0.5) is 0 Å². The maximum absolute atomic E-state index is 2.39. The zero-order valence-corrected chi connectivity index (χ0v) is 9.35. The van der Waals surface area contributed by atoms with E-state index in [4.69, 9.17) is 0 Å². The van der Waals surface area contributed by atoms with E-state index in [-0.39, 0.29) is 0 Å². The number of hydrogen-bond acceptors (Lipinski definition) is 0. The normalized spacial score (nSPS) is 31.5. The fourth-order valence-corrected chi connectivity index (χ4v) is 2.41. The van der Waals surface area contributed by atoms with Crippen molar-refractivity contribution in [3.8, 4) is 0 Å². The topological polar surface area (TPSA) is 0 Å². The molecule has 0 aromatic heterocycles. The number of rotatable bonds is 1. The van der Waals surface area contributed by atoms with Crippen molar-refractivity contribution >= 4 is 0 Å². The largest absolute Gasteiger partial charge is 0.0625 e. The molecule has 0 amide bonds. The SMILES string of the molecule is CC(C)C1CCC(C(C)(C)C)C1. The van der Waals surface area contributed by atoms with E-state index in [2.05, 4.69) is 34.6 Å². The first-order chi connectivity index (χ1) is 5.41. The van der Waals surface area contributed by atoms with Gasteiger partial charge in [0.2, 0.25) is 0 Å². The summed E-state index contributed by atoms with van der Waals surface area (Å²) < 4.78 is 0. The molecule has 1 fully saturated rings. The van der Waals surface area contributed by atoms with Gasteiger partial charge < -0.3 is 0 Å². The van der Waals surface area contributed by atoms with E-state index in [0.29, 0.717) is 5.41 Å². The van der Waals surface area contributed by atoms with Crippen molar-refractivity contribution in [3.05, 3.63) is 0 Å². The highest BCUT2D eigenvalue weighted by molar-refractivity contribution is 4.84. The third-order valence-corrected chi connectivity index (χ3v) is 3.64. The van der Waals surface area contributed by atoms with E-state index in [1.165, 1.54) is 19.3 Å². The maximum atomic E-state index is 2.39. The first-order valence-corrected chi connectivity index (χ1v) is 5.41. The smallest absolute Gasteiger partial charge is 0.0354 e. The maximum Gasteiger partial charge on any atom is -0.0354 e. The van der Waals surface area contributed by atoms with Crippen LogP contribution in [0.25, 0.3) is 0 Å². The molecule has 0 radical (unpaired) electrons. The van der Waals surface area contributed by atoms with Crippen LogP contribution in [0.1, 0.15) is 53.9 Å². The summed E-state index contributed by atoms with van der Waals surface area (Å²) in [4.78, 5) is 0. The van der Waals surface area contributed by atoms with Crippen LogP contribution in [0, 0.1) is 23.2 Å². The Morgan fingerprint density at radius 3 is 1.92 bits per heavy atom. The van der Waals surface area contributed by atoms with Crippen LogP contribution in [0.2, 0.25) is 0 Å². The van der Waals surface area contributed by atoms with Crippen molar-refractivity contribution < 1.29 is 0 Å². The molecule has 0 heteroatoms. The van der Waals surface area contributed by atoms with E-state index in [0.717, 1.165) is 17.8 Å². The lowest BCUT2D eigenvalue weighted by atomic mass is 9.78. The first kappa shape index (κ1) is 10.1. The molecule has 0 spiro atoms. The average molecular weight is 168 g/mol. The van der Waals surface area contributed by atoms with Gasteiger partial charge in [-0.05, 0) is 42.4 Å². The van der Waals surface area contributed by atoms with Gasteiger partial charge in [0.05, 0.1) is 0 Å². The van der Waals surface area contributed by atoms with Crippen LogP contribution in [-0.2, 0) is 0 Å². The molecule has 0 aliphatic heterocycles. The molecule has 0 N–H and O–H groups in total. The first-order valence-electron chi connectivity index (χ1n) is 5.41. The van der Waals surface area contributed by atoms with Gasteiger partial charge in [-0.15, -0.1) is 0 Å². The van der Waals surface area contributed by atoms with Crippen molar-refractivity contribution in [3.63, 3.8) is 0 Å². The van der Waals surface area contributed by atoms with E-state index in [1.54, 1.807) is 0 Å². The van der Waals surface area contributed by atoms with Crippen molar-refractivity contribution in [1.82, 2.24) is 0 Å². The summed E-state index contributed by atoms with van der Waals surface area (Å²) in [5, 5.41) is 0. The molecule has 0 nitrogen and oxygen atoms in total. The molecule has 0 aromatic rings. The molecule has 0 saturated heterocycles. The van der Waals surface area contributed by atoms with E-state index < -0.39 is 0 Å². The van der Waals surface area contributed by atoms with Gasteiger partial charge in [0.25, 0.3) is 0 Å². The van der Waals surface area contributed by atoms with Gasteiger partial charge in [0.15, 0.2) is 0 Å². The van der Waals surface area contributed by atoms with Gasteiger partial charge in [0, 0.05) is 0 Å². The Morgan fingerprint density at radius 1 is 1.08 bits per heavy atom. The molecule has 2 atom stereocenters. The van der Waals surface area contributed by atoms with Crippen LogP contribution in [0.5, 0.6) is 0 Å². The quantitative estimate of drug-likeness (QED) is 0.553. The van der Waals surface area contributed by atoms with Gasteiger partial charge in [-0.25, -0.2) is 0 Å². The zero-order valence-electron chi connectivity index (χ0n) is 9.35. The Bertz CT molecular complexity index is 139. The minimum absolute atomic E-state index is 0.545. The van der Waals surface area contributed by atoms with E-state index in [1.807, 2.05) is 0 Å². The molecule has 1 aliphatic rings. The van der Waals surface area contributed by atoms with Gasteiger partial charge in [-0.2, -0.15) is 0 Å². The second-order valence-electron chi connectivity index (χ2n) is 5.88. The van der Waals surface area contributed by atoms with Gasteiger partial charge >= 0.3 is 0 Å². The summed E-state index contributed by atoms with van der Waals surface area (Å²) >= 11 is 0. The molecular weight excluding hydrogens is 144 g/mol. The Kier molecular flexibility index (Phi) is 2.85. The predicted octanol–water partition coefficient (Wildman–Crippen LogP) is 4.10. The third-order valence-electron chi connectivity index (χ3n) is 3.64. The highest BCUT2D eigenvalue weighted by Gasteiger charge is 2.33. The Labute approximate surface area is 77.7 Å². The summed E-state index contributed by atoms with van der Waals surface area (Å²) in [6.07, 6.45) is 4.41. The molecule has 1 aliphatic carbocycles. The fraction of sp³-hybridized carbons (Fsp3) is 1.00. The second-order valence-corrected chi connectivity index (χ2v) is 5.88. The molecule has 0 aromatic carbocycles. The Morgan fingerprint density at radius 2 is 1.67 bits per heavy atom. The predicted molar refractivity (Wildman–Crippen MR) is 55.1 cm³/mol. The standard InChI is InChI=1S/C12H24/c1-9(2)10-6-7-11(8-10)12(3,4)5/h9-11H,6-8H2,1-5H3. The summed E-state index contributed by atoms with van der Waals surface area (Å²) in [6.45, 7) is 11.9. The molecule has 12 heavy (non-hydrogen) atoms. The molecular formula is C12H24. The van der Waals surface area contributed by atoms with Crippen molar-refractivity contribution in [1.29, 1.82) is 0 Å². The van der Waals surface area contributed by atoms with Crippen LogP contribution in [-0.4, -0.2) is 0 Å². The van der Waals surface area contributed by atoms with Crippen molar-refractivity contribution in [2.24, 2.45) is 23.2 Å². The molecule has 1 rings (SSSR count). The molecule has 72 valence electrons. The number of hydrogen-bond donors (Lipinski definition) is 0. The summed E-state index contributed by atoms with van der Waals surface area (Å²) in [6, 6.07) is 0. The van der Waals surface area contributed by atoms with Gasteiger partial charge in [-0.3, -0.25) is 0 Å². The highest BCUT2D eigenvalue weighted by Crippen LogP contribution is 2.44. The Balaban J connectivity index is 2.46. The molecule has 2 unspecified atom stereocenters. The van der Waals surface area contributed by atoms with E-state index in [9.17, 15) is 0 Å². The van der Waals surface area contributed by atoms with Gasteiger partial charge in [-0.1, -0.05) is 34.6 Å². The second kappa shape index (κ2) is 3.40. The molecule has 1 saturated carbocycles. The lowest BCUT2D eigenvalue weighted by Crippen LogP contribution is -2.18. The van der Waals surface area contributed by atoms with Crippen LogP contribution in [0.15, 0.2) is 0 Å².